The smallest absolute Gasteiger partial charge is 0.0838 e. The molecule has 3 heteroatoms. The van der Waals surface area contributed by atoms with Gasteiger partial charge in [-0.05, 0) is 46.2 Å². The molecule has 1 rings (SSSR count). The van der Waals surface area contributed by atoms with Crippen LogP contribution in [-0.2, 0) is 0 Å². The van der Waals surface area contributed by atoms with Gasteiger partial charge < -0.3 is 5.32 Å². The summed E-state index contributed by atoms with van der Waals surface area (Å²) >= 11 is 0. The minimum atomic E-state index is 0.189. The molecule has 0 atom stereocenters. The van der Waals surface area contributed by atoms with E-state index >= 15 is 0 Å². The highest BCUT2D eigenvalue weighted by molar-refractivity contribution is 5.59. The predicted molar refractivity (Wildman–Crippen MR) is 68.1 cm³/mol. The van der Waals surface area contributed by atoms with Gasteiger partial charge in [-0.25, -0.2) is 0 Å². The molecule has 1 N–H and O–H groups in total. The molecular formula is C13H21N3. The Balaban J connectivity index is 2.41. The number of allylic oxidation sites excluding steroid dienone is 1. The van der Waals surface area contributed by atoms with E-state index in [0.29, 0.717) is 0 Å². The number of nitrogens with zero attached hydrogens (tertiary/aromatic N) is 2. The van der Waals surface area contributed by atoms with Crippen LogP contribution in [0.1, 0.15) is 39.8 Å². The second-order valence-corrected chi connectivity index (χ2v) is 4.94. The van der Waals surface area contributed by atoms with Crippen LogP contribution in [0.15, 0.2) is 24.7 Å². The van der Waals surface area contributed by atoms with E-state index in [4.69, 9.17) is 0 Å². The summed E-state index contributed by atoms with van der Waals surface area (Å²) in [7, 11) is 0. The molecule has 0 aliphatic rings. The van der Waals surface area contributed by atoms with E-state index in [1.165, 1.54) is 5.57 Å². The first-order valence-electron chi connectivity index (χ1n) is 5.67. The summed E-state index contributed by atoms with van der Waals surface area (Å²) in [5, 5.41) is 3.45. The van der Waals surface area contributed by atoms with E-state index < -0.39 is 0 Å². The van der Waals surface area contributed by atoms with Crippen LogP contribution in [0.4, 0.5) is 0 Å². The van der Waals surface area contributed by atoms with E-state index in [2.05, 4.69) is 49.1 Å². The number of hydrogen-bond acceptors (Lipinski definition) is 3. The molecule has 1 aromatic heterocycles. The monoisotopic (exact) mass is 219 g/mol. The first kappa shape index (κ1) is 12.8. The highest BCUT2D eigenvalue weighted by Gasteiger charge is 2.06. The van der Waals surface area contributed by atoms with E-state index in [1.807, 2.05) is 0 Å². The fraction of sp³-hybridized carbons (Fsp3) is 0.538. The maximum absolute atomic E-state index is 4.25. The fourth-order valence-electron chi connectivity index (χ4n) is 1.34. The van der Waals surface area contributed by atoms with Crippen molar-refractivity contribution in [3.8, 4) is 0 Å². The van der Waals surface area contributed by atoms with Crippen LogP contribution in [0.25, 0.3) is 5.57 Å². The molecule has 1 aromatic rings. The maximum Gasteiger partial charge on any atom is 0.0838 e. The Morgan fingerprint density at radius 1 is 1.38 bits per heavy atom. The fourth-order valence-corrected chi connectivity index (χ4v) is 1.34. The standard InChI is InChI=1S/C13H21N3/c1-11(12-10-14-8-9-15-12)6-5-7-16-13(2,3)4/h6,8-10,16H,5,7H2,1-4H3. The van der Waals surface area contributed by atoms with E-state index in [-0.39, 0.29) is 5.54 Å². The molecule has 1 heterocycles. The molecule has 0 saturated carbocycles. The van der Waals surface area contributed by atoms with Crippen molar-refractivity contribution in [1.29, 1.82) is 0 Å². The van der Waals surface area contributed by atoms with Crippen molar-refractivity contribution < 1.29 is 0 Å². The van der Waals surface area contributed by atoms with Gasteiger partial charge in [0.05, 0.1) is 11.9 Å². The van der Waals surface area contributed by atoms with Gasteiger partial charge in [0, 0.05) is 17.9 Å². The molecule has 0 radical (unpaired) electrons. The van der Waals surface area contributed by atoms with Crippen LogP contribution in [0.5, 0.6) is 0 Å². The zero-order chi connectivity index (χ0) is 12.0. The SMILES string of the molecule is CC(=CCCNC(C)(C)C)c1cnccn1. The van der Waals surface area contributed by atoms with Crippen molar-refractivity contribution >= 4 is 5.57 Å². The Hall–Kier alpha value is -1.22. The summed E-state index contributed by atoms with van der Waals surface area (Å²) in [4.78, 5) is 8.31. The molecule has 3 nitrogen and oxygen atoms in total. The average molecular weight is 219 g/mol. The second-order valence-electron chi connectivity index (χ2n) is 4.94. The third-order valence-electron chi connectivity index (χ3n) is 2.22. The lowest BCUT2D eigenvalue weighted by Gasteiger charge is -2.19. The van der Waals surface area contributed by atoms with Crippen LogP contribution in [0.2, 0.25) is 0 Å². The lowest BCUT2D eigenvalue weighted by Crippen LogP contribution is -2.36. The first-order valence-corrected chi connectivity index (χ1v) is 5.67. The Morgan fingerprint density at radius 2 is 2.12 bits per heavy atom. The minimum Gasteiger partial charge on any atom is -0.312 e. The quantitative estimate of drug-likeness (QED) is 0.791. The van der Waals surface area contributed by atoms with Crippen LogP contribution in [-0.4, -0.2) is 22.1 Å². The number of rotatable bonds is 4. The Kier molecular flexibility index (Phi) is 4.62. The zero-order valence-corrected chi connectivity index (χ0v) is 10.6. The molecule has 16 heavy (non-hydrogen) atoms. The van der Waals surface area contributed by atoms with Crippen LogP contribution < -0.4 is 5.32 Å². The molecule has 0 bridgehead atoms. The summed E-state index contributed by atoms with van der Waals surface area (Å²) < 4.78 is 0. The van der Waals surface area contributed by atoms with Gasteiger partial charge in [0.15, 0.2) is 0 Å². The Morgan fingerprint density at radius 3 is 2.69 bits per heavy atom. The van der Waals surface area contributed by atoms with Gasteiger partial charge in [0.25, 0.3) is 0 Å². The lowest BCUT2D eigenvalue weighted by molar-refractivity contribution is 0.431. The average Bonchev–Trinajstić information content (AvgIpc) is 2.24. The third-order valence-corrected chi connectivity index (χ3v) is 2.22. The summed E-state index contributed by atoms with van der Waals surface area (Å²) in [6.45, 7) is 9.58. The van der Waals surface area contributed by atoms with Crippen molar-refractivity contribution in [2.45, 2.75) is 39.7 Å². The second kappa shape index (κ2) is 5.75. The molecule has 0 unspecified atom stereocenters. The number of aromatic nitrogens is 2. The topological polar surface area (TPSA) is 37.8 Å². The molecule has 0 fully saturated rings. The van der Waals surface area contributed by atoms with Crippen LogP contribution in [0.3, 0.4) is 0 Å². The summed E-state index contributed by atoms with van der Waals surface area (Å²) in [6.07, 6.45) is 8.42. The third kappa shape index (κ3) is 5.03. The number of nitrogens with one attached hydrogen (secondary N) is 1. The normalized spacial score (nSPS) is 12.9. The largest absolute Gasteiger partial charge is 0.312 e. The number of hydrogen-bond donors (Lipinski definition) is 1. The van der Waals surface area contributed by atoms with Gasteiger partial charge >= 0.3 is 0 Å². The highest BCUT2D eigenvalue weighted by atomic mass is 14.9. The van der Waals surface area contributed by atoms with Crippen LogP contribution in [0, 0.1) is 0 Å². The molecular weight excluding hydrogens is 198 g/mol. The van der Waals surface area contributed by atoms with Gasteiger partial charge in [0.2, 0.25) is 0 Å². The van der Waals surface area contributed by atoms with Crippen molar-refractivity contribution in [3.63, 3.8) is 0 Å². The molecule has 0 saturated heterocycles. The molecule has 0 aromatic carbocycles. The van der Waals surface area contributed by atoms with Gasteiger partial charge in [-0.2, -0.15) is 0 Å². The molecule has 0 aliphatic carbocycles. The Bertz CT molecular complexity index is 336. The van der Waals surface area contributed by atoms with Crippen molar-refractivity contribution in [3.05, 3.63) is 30.4 Å². The molecule has 0 aliphatic heterocycles. The predicted octanol–water partition coefficient (Wildman–Crippen LogP) is 2.66. The molecule has 88 valence electrons. The summed E-state index contributed by atoms with van der Waals surface area (Å²) in [6, 6.07) is 0. The minimum absolute atomic E-state index is 0.189. The maximum atomic E-state index is 4.25. The summed E-state index contributed by atoms with van der Waals surface area (Å²) in [5.74, 6) is 0. The first-order chi connectivity index (χ1) is 7.49. The van der Waals surface area contributed by atoms with Gasteiger partial charge in [-0.15, -0.1) is 0 Å². The van der Waals surface area contributed by atoms with Gasteiger partial charge in [-0.1, -0.05) is 6.08 Å². The van der Waals surface area contributed by atoms with Crippen LogP contribution >= 0.6 is 0 Å². The van der Waals surface area contributed by atoms with Crippen molar-refractivity contribution in [2.24, 2.45) is 0 Å². The zero-order valence-electron chi connectivity index (χ0n) is 10.6. The lowest BCUT2D eigenvalue weighted by atomic mass is 10.1. The van der Waals surface area contributed by atoms with E-state index in [9.17, 15) is 0 Å². The van der Waals surface area contributed by atoms with Crippen molar-refractivity contribution in [2.75, 3.05) is 6.54 Å². The molecule has 0 amide bonds. The Labute approximate surface area is 98.0 Å². The van der Waals surface area contributed by atoms with Crippen molar-refractivity contribution in [1.82, 2.24) is 15.3 Å². The van der Waals surface area contributed by atoms with E-state index in [0.717, 1.165) is 18.7 Å². The molecule has 0 spiro atoms. The van der Waals surface area contributed by atoms with Gasteiger partial charge in [0.1, 0.15) is 0 Å². The van der Waals surface area contributed by atoms with Gasteiger partial charge in [-0.3, -0.25) is 9.97 Å². The summed E-state index contributed by atoms with van der Waals surface area (Å²) in [5.41, 5.74) is 2.33. The highest BCUT2D eigenvalue weighted by Crippen LogP contribution is 2.09. The van der Waals surface area contributed by atoms with E-state index in [1.54, 1.807) is 18.6 Å².